The van der Waals surface area contributed by atoms with Crippen LogP contribution in [0.1, 0.15) is 10.4 Å². The topological polar surface area (TPSA) is 49.3 Å². The number of rotatable bonds is 2. The van der Waals surface area contributed by atoms with Crippen molar-refractivity contribution in [2.45, 2.75) is 0 Å². The van der Waals surface area contributed by atoms with E-state index in [9.17, 15) is 14.3 Å². The maximum atomic E-state index is 13.5. The van der Waals surface area contributed by atoms with Crippen LogP contribution < -0.4 is 5.32 Å². The molecular formula is C13H9BrFNO2. The van der Waals surface area contributed by atoms with Gasteiger partial charge in [0.2, 0.25) is 0 Å². The molecule has 2 N–H and O–H groups in total. The Balaban J connectivity index is 2.28. The van der Waals surface area contributed by atoms with Crippen molar-refractivity contribution in [1.29, 1.82) is 0 Å². The molecule has 18 heavy (non-hydrogen) atoms. The third-order valence-corrected chi connectivity index (χ3v) is 2.82. The van der Waals surface area contributed by atoms with E-state index in [0.29, 0.717) is 4.47 Å². The second kappa shape index (κ2) is 5.18. The average Bonchev–Trinajstić information content (AvgIpc) is 2.35. The Morgan fingerprint density at radius 1 is 1.22 bits per heavy atom. The van der Waals surface area contributed by atoms with Crippen LogP contribution in [0.5, 0.6) is 5.75 Å². The Morgan fingerprint density at radius 2 is 1.94 bits per heavy atom. The van der Waals surface area contributed by atoms with E-state index in [1.165, 1.54) is 30.3 Å². The lowest BCUT2D eigenvalue weighted by Crippen LogP contribution is -2.13. The standard InChI is InChI=1S/C13H9BrFNO2/c14-8-5-6-10(15)9(7-8)13(18)16-11-3-1-2-4-12(11)17/h1-7,17H,(H,16,18). The van der Waals surface area contributed by atoms with Crippen molar-refractivity contribution in [2.75, 3.05) is 5.32 Å². The van der Waals surface area contributed by atoms with Crippen molar-refractivity contribution in [3.63, 3.8) is 0 Å². The van der Waals surface area contributed by atoms with Crippen LogP contribution in [0, 0.1) is 5.82 Å². The van der Waals surface area contributed by atoms with Crippen molar-refractivity contribution in [3.05, 3.63) is 58.3 Å². The highest BCUT2D eigenvalue weighted by Gasteiger charge is 2.13. The minimum atomic E-state index is -0.619. The van der Waals surface area contributed by atoms with Crippen molar-refractivity contribution in [1.82, 2.24) is 0 Å². The maximum absolute atomic E-state index is 13.5. The predicted octanol–water partition coefficient (Wildman–Crippen LogP) is 3.55. The first-order valence-corrected chi connectivity index (χ1v) is 5.91. The number of hydrogen-bond donors (Lipinski definition) is 2. The van der Waals surface area contributed by atoms with Gasteiger partial charge in [-0.3, -0.25) is 4.79 Å². The molecule has 5 heteroatoms. The molecule has 2 aromatic rings. The van der Waals surface area contributed by atoms with Gasteiger partial charge in [0.1, 0.15) is 11.6 Å². The molecule has 0 bridgehead atoms. The molecule has 0 atom stereocenters. The second-order valence-electron chi connectivity index (χ2n) is 3.60. The number of nitrogens with one attached hydrogen (secondary N) is 1. The maximum Gasteiger partial charge on any atom is 0.258 e. The number of anilines is 1. The van der Waals surface area contributed by atoms with E-state index in [2.05, 4.69) is 21.2 Å². The van der Waals surface area contributed by atoms with E-state index >= 15 is 0 Å². The van der Waals surface area contributed by atoms with Gasteiger partial charge in [-0.15, -0.1) is 0 Å². The van der Waals surface area contributed by atoms with E-state index in [4.69, 9.17) is 0 Å². The summed E-state index contributed by atoms with van der Waals surface area (Å²) < 4.78 is 14.1. The predicted molar refractivity (Wildman–Crippen MR) is 70.2 cm³/mol. The largest absolute Gasteiger partial charge is 0.506 e. The van der Waals surface area contributed by atoms with Crippen molar-refractivity contribution in [2.24, 2.45) is 0 Å². The summed E-state index contributed by atoms with van der Waals surface area (Å²) in [5.41, 5.74) is 0.148. The lowest BCUT2D eigenvalue weighted by molar-refractivity contribution is 0.102. The van der Waals surface area contributed by atoms with Crippen LogP contribution in [0.4, 0.5) is 10.1 Å². The molecule has 0 aliphatic carbocycles. The SMILES string of the molecule is O=C(Nc1ccccc1O)c1cc(Br)ccc1F. The fourth-order valence-corrected chi connectivity index (χ4v) is 1.80. The first kappa shape index (κ1) is 12.6. The third kappa shape index (κ3) is 2.68. The fraction of sp³-hybridized carbons (Fsp3) is 0. The van der Waals surface area contributed by atoms with Crippen LogP contribution in [0.2, 0.25) is 0 Å². The molecule has 0 aliphatic heterocycles. The molecular weight excluding hydrogens is 301 g/mol. The number of hydrogen-bond acceptors (Lipinski definition) is 2. The molecule has 1 amide bonds. The highest BCUT2D eigenvalue weighted by molar-refractivity contribution is 9.10. The number of phenolic OH excluding ortho intramolecular Hbond substituents is 1. The lowest BCUT2D eigenvalue weighted by atomic mass is 10.2. The van der Waals surface area contributed by atoms with Gasteiger partial charge in [-0.2, -0.15) is 0 Å². The monoisotopic (exact) mass is 309 g/mol. The summed E-state index contributed by atoms with van der Waals surface area (Å²) in [6.45, 7) is 0. The minimum Gasteiger partial charge on any atom is -0.506 e. The fourth-order valence-electron chi connectivity index (χ4n) is 1.44. The zero-order valence-electron chi connectivity index (χ0n) is 9.15. The molecule has 0 saturated heterocycles. The third-order valence-electron chi connectivity index (χ3n) is 2.33. The van der Waals surface area contributed by atoms with E-state index in [1.807, 2.05) is 0 Å². The van der Waals surface area contributed by atoms with Gasteiger partial charge in [0.05, 0.1) is 11.3 Å². The van der Waals surface area contributed by atoms with E-state index in [0.717, 1.165) is 0 Å². The van der Waals surface area contributed by atoms with Gasteiger partial charge in [0.25, 0.3) is 5.91 Å². The smallest absolute Gasteiger partial charge is 0.258 e. The van der Waals surface area contributed by atoms with Gasteiger partial charge in [0.15, 0.2) is 0 Å². The summed E-state index contributed by atoms with van der Waals surface area (Å²) in [7, 11) is 0. The summed E-state index contributed by atoms with van der Waals surface area (Å²) in [6, 6.07) is 10.3. The molecule has 0 radical (unpaired) electrons. The average molecular weight is 310 g/mol. The minimum absolute atomic E-state index is 0.0683. The summed E-state index contributed by atoms with van der Waals surface area (Å²) in [5, 5.41) is 12.0. The molecule has 0 saturated carbocycles. The Labute approximate surface area is 111 Å². The Kier molecular flexibility index (Phi) is 3.62. The number of carbonyl (C=O) groups is 1. The van der Waals surface area contributed by atoms with Crippen LogP contribution in [0.25, 0.3) is 0 Å². The lowest BCUT2D eigenvalue weighted by Gasteiger charge is -2.07. The number of aromatic hydroxyl groups is 1. The summed E-state index contributed by atoms with van der Waals surface area (Å²) in [6.07, 6.45) is 0. The molecule has 0 heterocycles. The molecule has 92 valence electrons. The number of para-hydroxylation sites is 2. The Bertz CT molecular complexity index is 601. The summed E-state index contributed by atoms with van der Waals surface area (Å²) >= 11 is 3.17. The van der Waals surface area contributed by atoms with Crippen molar-refractivity contribution < 1.29 is 14.3 Å². The number of phenols is 1. The first-order chi connectivity index (χ1) is 8.58. The number of carbonyl (C=O) groups excluding carboxylic acids is 1. The van der Waals surface area contributed by atoms with Gasteiger partial charge in [-0.1, -0.05) is 28.1 Å². The molecule has 0 aliphatic rings. The Hall–Kier alpha value is -1.88. The van der Waals surface area contributed by atoms with Gasteiger partial charge >= 0.3 is 0 Å². The normalized spacial score (nSPS) is 10.1. The van der Waals surface area contributed by atoms with Crippen molar-refractivity contribution in [3.8, 4) is 5.75 Å². The van der Waals surface area contributed by atoms with E-state index < -0.39 is 11.7 Å². The van der Waals surface area contributed by atoms with Crippen LogP contribution in [-0.4, -0.2) is 11.0 Å². The molecule has 0 fully saturated rings. The van der Waals surface area contributed by atoms with Crippen LogP contribution in [-0.2, 0) is 0 Å². The van der Waals surface area contributed by atoms with Gasteiger partial charge < -0.3 is 10.4 Å². The second-order valence-corrected chi connectivity index (χ2v) is 4.51. The summed E-state index contributed by atoms with van der Waals surface area (Å²) in [4.78, 5) is 11.9. The van der Waals surface area contributed by atoms with Gasteiger partial charge in [0, 0.05) is 4.47 Å². The molecule has 2 aromatic carbocycles. The highest BCUT2D eigenvalue weighted by Crippen LogP contribution is 2.23. The number of halogens is 2. The summed E-state index contributed by atoms with van der Waals surface area (Å²) in [5.74, 6) is -1.30. The molecule has 0 unspecified atom stereocenters. The van der Waals surface area contributed by atoms with Crippen LogP contribution in [0.15, 0.2) is 46.9 Å². The number of amides is 1. The van der Waals surface area contributed by atoms with E-state index in [-0.39, 0.29) is 17.0 Å². The van der Waals surface area contributed by atoms with Gasteiger partial charge in [-0.05, 0) is 30.3 Å². The molecule has 0 spiro atoms. The van der Waals surface area contributed by atoms with Crippen LogP contribution in [0.3, 0.4) is 0 Å². The molecule has 0 aromatic heterocycles. The molecule has 3 nitrogen and oxygen atoms in total. The first-order valence-electron chi connectivity index (χ1n) is 5.12. The zero-order chi connectivity index (χ0) is 13.1. The van der Waals surface area contributed by atoms with E-state index in [1.54, 1.807) is 12.1 Å². The molecule has 2 rings (SSSR count). The van der Waals surface area contributed by atoms with Gasteiger partial charge in [-0.25, -0.2) is 4.39 Å². The quantitative estimate of drug-likeness (QED) is 0.834. The Morgan fingerprint density at radius 3 is 2.67 bits per heavy atom. The highest BCUT2D eigenvalue weighted by atomic mass is 79.9. The van der Waals surface area contributed by atoms with Crippen molar-refractivity contribution >= 4 is 27.5 Å². The zero-order valence-corrected chi connectivity index (χ0v) is 10.7. The van der Waals surface area contributed by atoms with Crippen LogP contribution >= 0.6 is 15.9 Å². The number of benzene rings is 2.